The zero-order valence-electron chi connectivity index (χ0n) is 12.7. The van der Waals surface area contributed by atoms with Gasteiger partial charge in [-0.1, -0.05) is 32.0 Å². The number of rotatable bonds is 6. The van der Waals surface area contributed by atoms with E-state index in [0.717, 1.165) is 0 Å². The molecule has 1 aromatic carbocycles. The van der Waals surface area contributed by atoms with Crippen LogP contribution in [-0.4, -0.2) is 23.7 Å². The minimum atomic E-state index is -0.317. The molecule has 0 aliphatic carbocycles. The van der Waals surface area contributed by atoms with Crippen molar-refractivity contribution in [2.75, 3.05) is 6.61 Å². The predicted octanol–water partition coefficient (Wildman–Crippen LogP) is 2.73. The van der Waals surface area contributed by atoms with Gasteiger partial charge in [0.2, 0.25) is 0 Å². The fraction of sp³-hybridized carbons (Fsp3) is 0.235. The summed E-state index contributed by atoms with van der Waals surface area (Å²) < 4.78 is 5.46. The van der Waals surface area contributed by atoms with Gasteiger partial charge in [-0.2, -0.15) is 5.10 Å². The van der Waals surface area contributed by atoms with Gasteiger partial charge in [0.05, 0.1) is 11.9 Å². The molecule has 0 unspecified atom stereocenters. The number of carbonyl (C=O) groups excluding carboxylic acids is 1. The highest BCUT2D eigenvalue weighted by Crippen LogP contribution is 2.19. The molecule has 0 fully saturated rings. The van der Waals surface area contributed by atoms with E-state index >= 15 is 0 Å². The average Bonchev–Trinajstić information content (AvgIpc) is 2.54. The van der Waals surface area contributed by atoms with Gasteiger partial charge in [0, 0.05) is 6.20 Å². The fourth-order valence-electron chi connectivity index (χ4n) is 1.77. The third-order valence-electron chi connectivity index (χ3n) is 2.97. The van der Waals surface area contributed by atoms with E-state index < -0.39 is 0 Å². The first kappa shape index (κ1) is 15.7. The maximum Gasteiger partial charge on any atom is 0.277 e. The summed E-state index contributed by atoms with van der Waals surface area (Å²) in [6.07, 6.45) is 3.14. The van der Waals surface area contributed by atoms with Crippen LogP contribution in [0.3, 0.4) is 0 Å². The van der Waals surface area contributed by atoms with Gasteiger partial charge in [0.25, 0.3) is 5.91 Å². The van der Waals surface area contributed by atoms with Crippen molar-refractivity contribution in [1.29, 1.82) is 0 Å². The molecule has 0 atom stereocenters. The van der Waals surface area contributed by atoms with Gasteiger partial charge in [0.15, 0.2) is 6.61 Å². The van der Waals surface area contributed by atoms with Gasteiger partial charge in [-0.3, -0.25) is 9.78 Å². The quantitative estimate of drug-likeness (QED) is 0.658. The Balaban J connectivity index is 1.80. The molecule has 1 N–H and O–H groups in total. The minimum Gasteiger partial charge on any atom is -0.484 e. The van der Waals surface area contributed by atoms with E-state index in [-0.39, 0.29) is 12.5 Å². The number of hydrogen-bond donors (Lipinski definition) is 1. The van der Waals surface area contributed by atoms with Gasteiger partial charge in [-0.25, -0.2) is 5.43 Å². The lowest BCUT2D eigenvalue weighted by atomic mass is 10.0. The second-order valence-corrected chi connectivity index (χ2v) is 5.06. The molecule has 5 heteroatoms. The first-order chi connectivity index (χ1) is 10.6. The SMILES string of the molecule is CC(C)c1cccc(OCC(=O)N/N=C/c2ccccn2)c1. The molecule has 0 aliphatic heterocycles. The zero-order chi connectivity index (χ0) is 15.8. The first-order valence-electron chi connectivity index (χ1n) is 7.11. The van der Waals surface area contributed by atoms with Crippen LogP contribution in [0.15, 0.2) is 53.8 Å². The van der Waals surface area contributed by atoms with Crippen LogP contribution in [0.2, 0.25) is 0 Å². The van der Waals surface area contributed by atoms with E-state index in [9.17, 15) is 4.79 Å². The largest absolute Gasteiger partial charge is 0.484 e. The summed E-state index contributed by atoms with van der Waals surface area (Å²) in [6, 6.07) is 13.2. The maximum atomic E-state index is 11.7. The number of aromatic nitrogens is 1. The molecule has 22 heavy (non-hydrogen) atoms. The molecule has 2 rings (SSSR count). The van der Waals surface area contributed by atoms with Gasteiger partial charge in [0.1, 0.15) is 5.75 Å². The van der Waals surface area contributed by atoms with Crippen molar-refractivity contribution in [3.8, 4) is 5.75 Å². The van der Waals surface area contributed by atoms with Crippen molar-refractivity contribution in [2.45, 2.75) is 19.8 Å². The van der Waals surface area contributed by atoms with Crippen LogP contribution < -0.4 is 10.2 Å². The lowest BCUT2D eigenvalue weighted by Gasteiger charge is -2.09. The van der Waals surface area contributed by atoms with E-state index in [4.69, 9.17) is 4.74 Å². The smallest absolute Gasteiger partial charge is 0.277 e. The number of hydrazone groups is 1. The Morgan fingerprint density at radius 2 is 2.18 bits per heavy atom. The molecule has 1 aromatic heterocycles. The Bertz CT molecular complexity index is 639. The lowest BCUT2D eigenvalue weighted by molar-refractivity contribution is -0.123. The van der Waals surface area contributed by atoms with Crippen molar-refractivity contribution < 1.29 is 9.53 Å². The standard InChI is InChI=1S/C17H19N3O2/c1-13(2)14-6-5-8-16(10-14)22-12-17(21)20-19-11-15-7-3-4-9-18-15/h3-11,13H,12H2,1-2H3,(H,20,21)/b19-11+. The molecule has 114 valence electrons. The van der Waals surface area contributed by atoms with Crippen LogP contribution >= 0.6 is 0 Å². The second-order valence-electron chi connectivity index (χ2n) is 5.06. The summed E-state index contributed by atoms with van der Waals surface area (Å²) in [5.74, 6) is 0.775. The number of pyridine rings is 1. The van der Waals surface area contributed by atoms with Gasteiger partial charge >= 0.3 is 0 Å². The highest BCUT2D eigenvalue weighted by atomic mass is 16.5. The average molecular weight is 297 g/mol. The molecule has 1 heterocycles. The Hall–Kier alpha value is -2.69. The van der Waals surface area contributed by atoms with E-state index in [2.05, 4.69) is 29.4 Å². The zero-order valence-corrected chi connectivity index (χ0v) is 12.7. The third-order valence-corrected chi connectivity index (χ3v) is 2.97. The topological polar surface area (TPSA) is 63.6 Å². The van der Waals surface area contributed by atoms with Crippen LogP contribution in [-0.2, 0) is 4.79 Å². The molecule has 2 aromatic rings. The maximum absolute atomic E-state index is 11.7. The molecular formula is C17H19N3O2. The summed E-state index contributed by atoms with van der Waals surface area (Å²) in [4.78, 5) is 15.7. The first-order valence-corrected chi connectivity index (χ1v) is 7.11. The number of amides is 1. The van der Waals surface area contributed by atoms with Crippen LogP contribution in [0.1, 0.15) is 31.0 Å². The summed E-state index contributed by atoms with van der Waals surface area (Å²) >= 11 is 0. The number of hydrogen-bond acceptors (Lipinski definition) is 4. The Kier molecular flexibility index (Phi) is 5.65. The minimum absolute atomic E-state index is 0.0822. The summed E-state index contributed by atoms with van der Waals surface area (Å²) in [7, 11) is 0. The molecule has 0 radical (unpaired) electrons. The van der Waals surface area contributed by atoms with Gasteiger partial charge in [-0.05, 0) is 35.7 Å². The molecule has 1 amide bonds. The van der Waals surface area contributed by atoms with E-state index in [1.54, 1.807) is 12.3 Å². The molecule has 5 nitrogen and oxygen atoms in total. The molecule has 0 aliphatic rings. The molecule has 0 spiro atoms. The van der Waals surface area contributed by atoms with Crippen molar-refractivity contribution >= 4 is 12.1 Å². The van der Waals surface area contributed by atoms with Crippen LogP contribution in [0.25, 0.3) is 0 Å². The van der Waals surface area contributed by atoms with Crippen molar-refractivity contribution in [1.82, 2.24) is 10.4 Å². The van der Waals surface area contributed by atoms with E-state index in [0.29, 0.717) is 17.4 Å². The van der Waals surface area contributed by atoms with Crippen LogP contribution in [0.5, 0.6) is 5.75 Å². The van der Waals surface area contributed by atoms with Crippen molar-refractivity contribution in [3.05, 3.63) is 59.9 Å². The highest BCUT2D eigenvalue weighted by molar-refractivity contribution is 5.81. The Labute approximate surface area is 130 Å². The molecule has 0 saturated carbocycles. The summed E-state index contributed by atoms with van der Waals surface area (Å²) in [5, 5.41) is 3.83. The monoisotopic (exact) mass is 297 g/mol. The Morgan fingerprint density at radius 3 is 2.91 bits per heavy atom. The highest BCUT2D eigenvalue weighted by Gasteiger charge is 2.04. The van der Waals surface area contributed by atoms with Crippen LogP contribution in [0, 0.1) is 0 Å². The van der Waals surface area contributed by atoms with E-state index in [1.807, 2.05) is 36.4 Å². The fourth-order valence-corrected chi connectivity index (χ4v) is 1.77. The lowest BCUT2D eigenvalue weighted by Crippen LogP contribution is -2.24. The number of ether oxygens (including phenoxy) is 1. The van der Waals surface area contributed by atoms with E-state index in [1.165, 1.54) is 11.8 Å². The predicted molar refractivity (Wildman–Crippen MR) is 86.0 cm³/mol. The van der Waals surface area contributed by atoms with Gasteiger partial charge in [-0.15, -0.1) is 0 Å². The number of carbonyl (C=O) groups is 1. The van der Waals surface area contributed by atoms with Crippen molar-refractivity contribution in [3.63, 3.8) is 0 Å². The normalized spacial score (nSPS) is 10.9. The number of benzene rings is 1. The number of nitrogens with one attached hydrogen (secondary N) is 1. The second kappa shape index (κ2) is 7.93. The van der Waals surface area contributed by atoms with Crippen molar-refractivity contribution in [2.24, 2.45) is 5.10 Å². The number of nitrogens with zero attached hydrogens (tertiary/aromatic N) is 2. The van der Waals surface area contributed by atoms with Gasteiger partial charge < -0.3 is 4.74 Å². The summed E-state index contributed by atoms with van der Waals surface area (Å²) in [6.45, 7) is 4.14. The van der Waals surface area contributed by atoms with Crippen LogP contribution in [0.4, 0.5) is 0 Å². The molecular weight excluding hydrogens is 278 g/mol. The summed E-state index contributed by atoms with van der Waals surface area (Å²) in [5.41, 5.74) is 4.25. The molecule has 0 saturated heterocycles. The molecule has 0 bridgehead atoms. The third kappa shape index (κ3) is 5.01. The Morgan fingerprint density at radius 1 is 1.32 bits per heavy atom.